The number of thiocarbonyl (C=S) groups is 1. The molecule has 0 saturated carbocycles. The van der Waals surface area contributed by atoms with E-state index in [4.69, 9.17) is 22.7 Å². The van der Waals surface area contributed by atoms with Crippen LogP contribution in [0.2, 0.25) is 0 Å². The molecule has 0 radical (unpaired) electrons. The van der Waals surface area contributed by atoms with Crippen molar-refractivity contribution >= 4 is 23.0 Å². The van der Waals surface area contributed by atoms with Gasteiger partial charge in [-0.25, -0.2) is 0 Å². The highest BCUT2D eigenvalue weighted by molar-refractivity contribution is 7.80. The van der Waals surface area contributed by atoms with Crippen LogP contribution in [0.4, 0.5) is 5.69 Å². The van der Waals surface area contributed by atoms with E-state index in [1.54, 1.807) is 13.3 Å². The van der Waals surface area contributed by atoms with Gasteiger partial charge in [0.2, 0.25) is 0 Å². The minimum Gasteiger partial charge on any atom is -0.497 e. The summed E-state index contributed by atoms with van der Waals surface area (Å²) in [6.45, 7) is 0.684. The first-order chi connectivity index (χ1) is 8.67. The Labute approximate surface area is 111 Å². The standard InChI is InChI=1S/C12H14N4OS/c1-17-11-4-2-9(3-5-11)7-16-8-10(6-14-16)15-12(13)18/h2-6,8H,7H2,1H3,(H3,13,15,18). The van der Waals surface area contributed by atoms with Gasteiger partial charge in [0.1, 0.15) is 5.75 Å². The van der Waals surface area contributed by atoms with Crippen molar-refractivity contribution in [1.82, 2.24) is 9.78 Å². The average molecular weight is 262 g/mol. The van der Waals surface area contributed by atoms with Crippen molar-refractivity contribution in [3.63, 3.8) is 0 Å². The predicted octanol–water partition coefficient (Wildman–Crippen LogP) is 1.60. The first-order valence-corrected chi connectivity index (χ1v) is 5.80. The normalized spacial score (nSPS) is 10.1. The number of aromatic nitrogens is 2. The smallest absolute Gasteiger partial charge is 0.168 e. The molecular weight excluding hydrogens is 248 g/mol. The summed E-state index contributed by atoms with van der Waals surface area (Å²) in [5, 5.41) is 7.29. The number of hydrogen-bond donors (Lipinski definition) is 2. The molecule has 0 amide bonds. The molecule has 94 valence electrons. The van der Waals surface area contributed by atoms with Gasteiger partial charge in [0.25, 0.3) is 0 Å². The Morgan fingerprint density at radius 3 is 2.78 bits per heavy atom. The van der Waals surface area contributed by atoms with Gasteiger partial charge in [-0.05, 0) is 29.9 Å². The molecule has 0 spiro atoms. The quantitative estimate of drug-likeness (QED) is 0.819. The zero-order chi connectivity index (χ0) is 13.0. The van der Waals surface area contributed by atoms with E-state index in [9.17, 15) is 0 Å². The van der Waals surface area contributed by atoms with Gasteiger partial charge in [-0.1, -0.05) is 12.1 Å². The third kappa shape index (κ3) is 3.21. The number of nitrogens with one attached hydrogen (secondary N) is 1. The molecule has 0 unspecified atom stereocenters. The maximum atomic E-state index is 5.39. The topological polar surface area (TPSA) is 65.1 Å². The third-order valence-corrected chi connectivity index (χ3v) is 2.51. The number of ether oxygens (including phenoxy) is 1. The maximum Gasteiger partial charge on any atom is 0.168 e. The highest BCUT2D eigenvalue weighted by Gasteiger charge is 2.00. The first-order valence-electron chi connectivity index (χ1n) is 5.39. The first kappa shape index (κ1) is 12.4. The molecule has 0 aliphatic heterocycles. The van der Waals surface area contributed by atoms with Crippen molar-refractivity contribution in [2.45, 2.75) is 6.54 Å². The minimum atomic E-state index is 0.235. The molecule has 2 aromatic rings. The second kappa shape index (κ2) is 5.50. The van der Waals surface area contributed by atoms with Gasteiger partial charge in [-0.15, -0.1) is 0 Å². The Hall–Kier alpha value is -2.08. The van der Waals surface area contributed by atoms with Crippen LogP contribution in [0.1, 0.15) is 5.56 Å². The summed E-state index contributed by atoms with van der Waals surface area (Å²) >= 11 is 4.76. The molecule has 2 rings (SSSR count). The van der Waals surface area contributed by atoms with Crippen LogP contribution in [0, 0.1) is 0 Å². The Morgan fingerprint density at radius 1 is 1.44 bits per heavy atom. The van der Waals surface area contributed by atoms with Crippen molar-refractivity contribution in [1.29, 1.82) is 0 Å². The largest absolute Gasteiger partial charge is 0.497 e. The van der Waals surface area contributed by atoms with Crippen LogP contribution in [-0.2, 0) is 6.54 Å². The summed E-state index contributed by atoms with van der Waals surface area (Å²) in [7, 11) is 1.65. The van der Waals surface area contributed by atoms with Crippen LogP contribution in [0.3, 0.4) is 0 Å². The zero-order valence-electron chi connectivity index (χ0n) is 9.96. The number of anilines is 1. The molecule has 1 heterocycles. The van der Waals surface area contributed by atoms with Gasteiger partial charge in [0, 0.05) is 6.20 Å². The lowest BCUT2D eigenvalue weighted by atomic mass is 10.2. The van der Waals surface area contributed by atoms with E-state index >= 15 is 0 Å². The fraction of sp³-hybridized carbons (Fsp3) is 0.167. The van der Waals surface area contributed by atoms with E-state index in [2.05, 4.69) is 10.4 Å². The van der Waals surface area contributed by atoms with Crippen molar-refractivity contribution in [3.05, 3.63) is 42.2 Å². The Balaban J connectivity index is 2.03. The molecule has 0 fully saturated rings. The third-order valence-electron chi connectivity index (χ3n) is 2.40. The van der Waals surface area contributed by atoms with Crippen LogP contribution in [0.25, 0.3) is 0 Å². The van der Waals surface area contributed by atoms with E-state index in [1.807, 2.05) is 35.1 Å². The van der Waals surface area contributed by atoms with Crippen molar-refractivity contribution in [2.75, 3.05) is 12.4 Å². The maximum absolute atomic E-state index is 5.39. The number of hydrogen-bond acceptors (Lipinski definition) is 3. The summed E-state index contributed by atoms with van der Waals surface area (Å²) in [4.78, 5) is 0. The molecule has 1 aromatic heterocycles. The number of methoxy groups -OCH3 is 1. The lowest BCUT2D eigenvalue weighted by Crippen LogP contribution is -2.18. The van der Waals surface area contributed by atoms with Crippen molar-refractivity contribution < 1.29 is 4.74 Å². The molecule has 3 N–H and O–H groups in total. The van der Waals surface area contributed by atoms with Gasteiger partial charge in [-0.3, -0.25) is 4.68 Å². The monoisotopic (exact) mass is 262 g/mol. The summed E-state index contributed by atoms with van der Waals surface area (Å²) < 4.78 is 6.91. The SMILES string of the molecule is COc1ccc(Cn2cc(NC(N)=S)cn2)cc1. The highest BCUT2D eigenvalue weighted by atomic mass is 32.1. The van der Waals surface area contributed by atoms with Gasteiger partial charge < -0.3 is 15.8 Å². The molecule has 0 atom stereocenters. The predicted molar refractivity (Wildman–Crippen MR) is 74.7 cm³/mol. The van der Waals surface area contributed by atoms with Crippen LogP contribution in [-0.4, -0.2) is 22.0 Å². The fourth-order valence-corrected chi connectivity index (χ4v) is 1.69. The number of rotatable bonds is 4. The molecule has 6 heteroatoms. The summed E-state index contributed by atoms with van der Waals surface area (Å²) in [6.07, 6.45) is 3.53. The van der Waals surface area contributed by atoms with Gasteiger partial charge in [0.15, 0.2) is 5.11 Å². The van der Waals surface area contributed by atoms with E-state index in [1.165, 1.54) is 0 Å². The lowest BCUT2D eigenvalue weighted by molar-refractivity contribution is 0.414. The lowest BCUT2D eigenvalue weighted by Gasteiger charge is -2.03. The fourth-order valence-electron chi connectivity index (χ4n) is 1.57. The summed E-state index contributed by atoms with van der Waals surface area (Å²) in [5.41, 5.74) is 7.32. The van der Waals surface area contributed by atoms with Crippen LogP contribution < -0.4 is 15.8 Å². The molecule has 0 bridgehead atoms. The van der Waals surface area contributed by atoms with E-state index in [0.29, 0.717) is 6.54 Å². The van der Waals surface area contributed by atoms with Crippen LogP contribution >= 0.6 is 12.2 Å². The summed E-state index contributed by atoms with van der Waals surface area (Å²) in [5.74, 6) is 0.843. The number of nitrogens with zero attached hydrogens (tertiary/aromatic N) is 2. The molecule has 18 heavy (non-hydrogen) atoms. The average Bonchev–Trinajstić information content (AvgIpc) is 2.76. The molecular formula is C12H14N4OS. The second-order valence-electron chi connectivity index (χ2n) is 3.76. The second-order valence-corrected chi connectivity index (χ2v) is 4.20. The zero-order valence-corrected chi connectivity index (χ0v) is 10.8. The molecule has 5 nitrogen and oxygen atoms in total. The Bertz CT molecular complexity index is 535. The summed E-state index contributed by atoms with van der Waals surface area (Å²) in [6, 6.07) is 7.85. The molecule has 0 aliphatic carbocycles. The number of benzene rings is 1. The molecule has 0 saturated heterocycles. The van der Waals surface area contributed by atoms with Crippen LogP contribution in [0.5, 0.6) is 5.75 Å². The molecule has 1 aromatic carbocycles. The number of nitrogens with two attached hydrogens (primary N) is 1. The van der Waals surface area contributed by atoms with E-state index < -0.39 is 0 Å². The van der Waals surface area contributed by atoms with Crippen LogP contribution in [0.15, 0.2) is 36.7 Å². The van der Waals surface area contributed by atoms with Crippen molar-refractivity contribution in [3.8, 4) is 5.75 Å². The Kier molecular flexibility index (Phi) is 3.78. The van der Waals surface area contributed by atoms with Gasteiger partial charge >= 0.3 is 0 Å². The van der Waals surface area contributed by atoms with Gasteiger partial charge in [0.05, 0.1) is 25.5 Å². The van der Waals surface area contributed by atoms with E-state index in [-0.39, 0.29) is 5.11 Å². The molecule has 0 aliphatic rings. The Morgan fingerprint density at radius 2 is 2.17 bits per heavy atom. The van der Waals surface area contributed by atoms with Gasteiger partial charge in [-0.2, -0.15) is 5.10 Å². The highest BCUT2D eigenvalue weighted by Crippen LogP contribution is 2.13. The van der Waals surface area contributed by atoms with E-state index in [0.717, 1.165) is 17.0 Å². The van der Waals surface area contributed by atoms with Crippen molar-refractivity contribution in [2.24, 2.45) is 5.73 Å². The minimum absolute atomic E-state index is 0.235.